The summed E-state index contributed by atoms with van der Waals surface area (Å²) in [5.41, 5.74) is 4.14. The molecule has 5 heteroatoms. The summed E-state index contributed by atoms with van der Waals surface area (Å²) in [6, 6.07) is 6.03. The molecule has 0 unspecified atom stereocenters. The smallest absolute Gasteiger partial charge is 0.190 e. The lowest BCUT2D eigenvalue weighted by atomic mass is 10.1. The van der Waals surface area contributed by atoms with E-state index < -0.39 is 0 Å². The predicted molar refractivity (Wildman–Crippen MR) is 85.3 cm³/mol. The summed E-state index contributed by atoms with van der Waals surface area (Å²) in [4.78, 5) is 17.8. The maximum Gasteiger partial charge on any atom is 0.190 e. The third-order valence-corrected chi connectivity index (χ3v) is 4.80. The lowest BCUT2D eigenvalue weighted by Crippen LogP contribution is -2.18. The number of Topliss-reactive ketones (excluding diaryl/α,β-unsaturated/α-hetero) is 1. The normalized spacial score (nSPS) is 12.0. The van der Waals surface area contributed by atoms with Gasteiger partial charge in [0.1, 0.15) is 0 Å². The molecule has 1 heterocycles. The van der Waals surface area contributed by atoms with Gasteiger partial charge in [-0.1, -0.05) is 17.4 Å². The van der Waals surface area contributed by atoms with Crippen LogP contribution in [0.1, 0.15) is 33.4 Å². The molecule has 2 rings (SSSR count). The first-order valence-electron chi connectivity index (χ1n) is 6.88. The molecule has 1 N–H and O–H groups in total. The molecule has 0 aliphatic heterocycles. The molecule has 0 saturated carbocycles. The summed E-state index contributed by atoms with van der Waals surface area (Å²) < 4.78 is 1.90. The molecule has 0 spiro atoms. The third kappa shape index (κ3) is 3.31. The molecule has 0 amide bonds. The molecule has 0 aliphatic rings. The van der Waals surface area contributed by atoms with Gasteiger partial charge in [0, 0.05) is 19.2 Å². The standard InChI is InChI=1S/C16H20N2O2S/c1-10-5-6-14(9-11(10)2)17-16-18(7-8-19)12(3)15(21-16)13(4)20/h5-6,9,19H,7-8H2,1-4H3. The number of benzene rings is 1. The second-order valence-electron chi connectivity index (χ2n) is 5.11. The topological polar surface area (TPSA) is 54.6 Å². The van der Waals surface area contributed by atoms with Crippen molar-refractivity contribution in [2.24, 2.45) is 4.99 Å². The van der Waals surface area contributed by atoms with E-state index in [1.54, 1.807) is 6.92 Å². The zero-order valence-electron chi connectivity index (χ0n) is 12.8. The Kier molecular flexibility index (Phi) is 4.75. The van der Waals surface area contributed by atoms with Crippen molar-refractivity contribution in [3.63, 3.8) is 0 Å². The van der Waals surface area contributed by atoms with E-state index in [4.69, 9.17) is 0 Å². The minimum atomic E-state index is 0.0228. The van der Waals surface area contributed by atoms with Crippen molar-refractivity contribution < 1.29 is 9.90 Å². The number of hydrogen-bond acceptors (Lipinski definition) is 4. The number of carbonyl (C=O) groups excluding carboxylic acids is 1. The van der Waals surface area contributed by atoms with Crippen LogP contribution in [0, 0.1) is 20.8 Å². The van der Waals surface area contributed by atoms with Crippen LogP contribution in [0.15, 0.2) is 23.2 Å². The Bertz CT molecular complexity index is 741. The van der Waals surface area contributed by atoms with Gasteiger partial charge in [-0.2, -0.15) is 0 Å². The fraction of sp³-hybridized carbons (Fsp3) is 0.375. The number of aliphatic hydroxyl groups excluding tert-OH is 1. The molecule has 0 saturated heterocycles. The number of hydrogen-bond donors (Lipinski definition) is 1. The largest absolute Gasteiger partial charge is 0.395 e. The number of aliphatic hydroxyl groups is 1. The second-order valence-corrected chi connectivity index (χ2v) is 6.09. The first kappa shape index (κ1) is 15.7. The van der Waals surface area contributed by atoms with Gasteiger partial charge in [0.2, 0.25) is 0 Å². The van der Waals surface area contributed by atoms with Gasteiger partial charge in [-0.25, -0.2) is 4.99 Å². The summed E-state index contributed by atoms with van der Waals surface area (Å²) >= 11 is 1.37. The monoisotopic (exact) mass is 304 g/mol. The molecular formula is C16H20N2O2S. The van der Waals surface area contributed by atoms with Crippen LogP contribution in [0.5, 0.6) is 0 Å². The molecular weight excluding hydrogens is 284 g/mol. The van der Waals surface area contributed by atoms with Gasteiger partial charge >= 0.3 is 0 Å². The van der Waals surface area contributed by atoms with Crippen LogP contribution in [0.4, 0.5) is 5.69 Å². The molecule has 1 aromatic carbocycles. The maximum atomic E-state index is 11.7. The number of rotatable bonds is 4. The molecule has 0 bridgehead atoms. The highest BCUT2D eigenvalue weighted by atomic mass is 32.1. The summed E-state index contributed by atoms with van der Waals surface area (Å²) in [5.74, 6) is 0.0331. The van der Waals surface area contributed by atoms with E-state index in [1.807, 2.05) is 29.7 Å². The Morgan fingerprint density at radius 3 is 2.57 bits per heavy atom. The second kappa shape index (κ2) is 6.37. The molecule has 0 fully saturated rings. The number of aryl methyl sites for hydroxylation is 2. The summed E-state index contributed by atoms with van der Waals surface area (Å²) in [5, 5.41) is 9.22. The zero-order valence-corrected chi connectivity index (χ0v) is 13.6. The van der Waals surface area contributed by atoms with Crippen LogP contribution >= 0.6 is 11.3 Å². The average Bonchev–Trinajstić information content (AvgIpc) is 2.72. The van der Waals surface area contributed by atoms with E-state index in [2.05, 4.69) is 18.8 Å². The van der Waals surface area contributed by atoms with E-state index in [0.717, 1.165) is 16.2 Å². The van der Waals surface area contributed by atoms with Crippen molar-refractivity contribution in [3.05, 3.63) is 44.7 Å². The highest BCUT2D eigenvalue weighted by molar-refractivity contribution is 7.11. The summed E-state index contributed by atoms with van der Waals surface area (Å²) in [6.45, 7) is 8.03. The number of nitrogens with zero attached hydrogens (tertiary/aromatic N) is 2. The molecule has 1 aromatic heterocycles. The van der Waals surface area contributed by atoms with Gasteiger partial charge in [-0.3, -0.25) is 4.79 Å². The quantitative estimate of drug-likeness (QED) is 0.883. The van der Waals surface area contributed by atoms with Crippen molar-refractivity contribution in [3.8, 4) is 0 Å². The minimum Gasteiger partial charge on any atom is -0.395 e. The van der Waals surface area contributed by atoms with Gasteiger partial charge in [0.15, 0.2) is 10.6 Å². The van der Waals surface area contributed by atoms with Crippen LogP contribution in [-0.2, 0) is 6.54 Å². The molecule has 2 aromatic rings. The molecule has 0 aliphatic carbocycles. The SMILES string of the molecule is CC(=O)c1sc(=Nc2ccc(C)c(C)c2)n(CCO)c1C. The Morgan fingerprint density at radius 2 is 2.00 bits per heavy atom. The van der Waals surface area contributed by atoms with E-state index in [-0.39, 0.29) is 12.4 Å². The van der Waals surface area contributed by atoms with Crippen LogP contribution < -0.4 is 4.80 Å². The number of ketones is 1. The molecule has 112 valence electrons. The zero-order chi connectivity index (χ0) is 15.6. The maximum absolute atomic E-state index is 11.7. The van der Waals surface area contributed by atoms with E-state index in [0.29, 0.717) is 11.4 Å². The van der Waals surface area contributed by atoms with Gasteiger partial charge in [-0.15, -0.1) is 0 Å². The average molecular weight is 304 g/mol. The van der Waals surface area contributed by atoms with Gasteiger partial charge in [0.05, 0.1) is 17.2 Å². The minimum absolute atomic E-state index is 0.0228. The Hall–Kier alpha value is -1.72. The number of aromatic nitrogens is 1. The Balaban J connectivity index is 2.60. The Labute approximate surface area is 128 Å². The van der Waals surface area contributed by atoms with Crippen molar-refractivity contribution in [1.29, 1.82) is 0 Å². The number of carbonyl (C=O) groups is 1. The third-order valence-electron chi connectivity index (χ3n) is 3.52. The van der Waals surface area contributed by atoms with Crippen LogP contribution in [0.2, 0.25) is 0 Å². The van der Waals surface area contributed by atoms with Gasteiger partial charge < -0.3 is 9.67 Å². The Morgan fingerprint density at radius 1 is 1.29 bits per heavy atom. The fourth-order valence-electron chi connectivity index (χ4n) is 2.17. The van der Waals surface area contributed by atoms with Crippen molar-refractivity contribution in [1.82, 2.24) is 4.57 Å². The van der Waals surface area contributed by atoms with E-state index in [1.165, 1.54) is 22.5 Å². The van der Waals surface area contributed by atoms with Gasteiger partial charge in [-0.05, 0) is 44.0 Å². The van der Waals surface area contributed by atoms with E-state index in [9.17, 15) is 9.90 Å². The van der Waals surface area contributed by atoms with Crippen molar-refractivity contribution >= 4 is 22.8 Å². The molecule has 0 radical (unpaired) electrons. The van der Waals surface area contributed by atoms with Crippen LogP contribution in [-0.4, -0.2) is 22.1 Å². The van der Waals surface area contributed by atoms with Crippen LogP contribution in [0.3, 0.4) is 0 Å². The van der Waals surface area contributed by atoms with Gasteiger partial charge in [0.25, 0.3) is 0 Å². The van der Waals surface area contributed by atoms with Crippen molar-refractivity contribution in [2.45, 2.75) is 34.2 Å². The predicted octanol–water partition coefficient (Wildman–Crippen LogP) is 2.90. The number of thiazole rings is 1. The highest BCUT2D eigenvalue weighted by Crippen LogP contribution is 2.18. The first-order chi connectivity index (χ1) is 9.93. The van der Waals surface area contributed by atoms with Crippen LogP contribution in [0.25, 0.3) is 0 Å². The van der Waals surface area contributed by atoms with E-state index >= 15 is 0 Å². The lowest BCUT2D eigenvalue weighted by Gasteiger charge is -2.04. The fourth-order valence-corrected chi connectivity index (χ4v) is 3.24. The summed E-state index contributed by atoms with van der Waals surface area (Å²) in [6.07, 6.45) is 0. The lowest BCUT2D eigenvalue weighted by molar-refractivity contribution is 0.102. The molecule has 0 atom stereocenters. The molecule has 21 heavy (non-hydrogen) atoms. The summed E-state index contributed by atoms with van der Waals surface area (Å²) in [7, 11) is 0. The highest BCUT2D eigenvalue weighted by Gasteiger charge is 2.13. The molecule has 4 nitrogen and oxygen atoms in total. The van der Waals surface area contributed by atoms with Crippen molar-refractivity contribution in [2.75, 3.05) is 6.61 Å². The first-order valence-corrected chi connectivity index (χ1v) is 7.69.